The standard InChI is InChI=1S/C7H14NO/c1-8-6-4-2-3-5-7(6)9/h6-9H,1-5H2/t6-,7?/m1/s1. The highest BCUT2D eigenvalue weighted by atomic mass is 16.3. The first-order chi connectivity index (χ1) is 4.34. The van der Waals surface area contributed by atoms with Crippen LogP contribution in [0.3, 0.4) is 0 Å². The minimum Gasteiger partial charge on any atom is -0.392 e. The average molecular weight is 128 g/mol. The molecule has 0 saturated heterocycles. The summed E-state index contributed by atoms with van der Waals surface area (Å²) in [5.41, 5.74) is 0. The van der Waals surface area contributed by atoms with Gasteiger partial charge in [-0.25, -0.2) is 0 Å². The molecule has 2 heteroatoms. The van der Waals surface area contributed by atoms with Crippen molar-refractivity contribution in [2.45, 2.75) is 37.8 Å². The molecule has 1 aliphatic carbocycles. The van der Waals surface area contributed by atoms with Crippen LogP contribution < -0.4 is 5.32 Å². The lowest BCUT2D eigenvalue weighted by Crippen LogP contribution is -2.38. The van der Waals surface area contributed by atoms with Crippen LogP contribution in [0.25, 0.3) is 0 Å². The summed E-state index contributed by atoms with van der Waals surface area (Å²) < 4.78 is 0. The SMILES string of the molecule is [CH2]N[C@@H]1CCCCC1O. The number of aliphatic hydroxyl groups excluding tert-OH is 1. The van der Waals surface area contributed by atoms with Gasteiger partial charge in [-0.2, -0.15) is 0 Å². The zero-order valence-corrected chi connectivity index (χ0v) is 5.64. The maximum absolute atomic E-state index is 9.27. The molecule has 0 aromatic rings. The third kappa shape index (κ3) is 1.66. The second-order valence-electron chi connectivity index (χ2n) is 2.66. The van der Waals surface area contributed by atoms with Crippen LogP contribution in [-0.4, -0.2) is 17.3 Å². The van der Waals surface area contributed by atoms with Crippen LogP contribution in [0.1, 0.15) is 25.7 Å². The van der Waals surface area contributed by atoms with E-state index in [0.29, 0.717) is 0 Å². The first-order valence-electron chi connectivity index (χ1n) is 3.55. The maximum atomic E-state index is 9.27. The van der Waals surface area contributed by atoms with Crippen LogP contribution in [0.5, 0.6) is 0 Å². The van der Waals surface area contributed by atoms with Gasteiger partial charge in [0, 0.05) is 13.1 Å². The summed E-state index contributed by atoms with van der Waals surface area (Å²) in [4.78, 5) is 0. The zero-order chi connectivity index (χ0) is 6.69. The first kappa shape index (κ1) is 7.03. The van der Waals surface area contributed by atoms with Gasteiger partial charge in [-0.15, -0.1) is 0 Å². The Labute approximate surface area is 56.3 Å². The van der Waals surface area contributed by atoms with E-state index in [2.05, 4.69) is 12.4 Å². The van der Waals surface area contributed by atoms with Crippen molar-refractivity contribution in [1.29, 1.82) is 0 Å². The summed E-state index contributed by atoms with van der Waals surface area (Å²) in [5.74, 6) is 0. The highest BCUT2D eigenvalue weighted by Crippen LogP contribution is 2.17. The molecule has 0 spiro atoms. The van der Waals surface area contributed by atoms with Crippen LogP contribution >= 0.6 is 0 Å². The largest absolute Gasteiger partial charge is 0.392 e. The molecule has 2 atom stereocenters. The van der Waals surface area contributed by atoms with Gasteiger partial charge in [-0.05, 0) is 12.8 Å². The smallest absolute Gasteiger partial charge is 0.0693 e. The molecule has 9 heavy (non-hydrogen) atoms. The van der Waals surface area contributed by atoms with Crippen molar-refractivity contribution >= 4 is 0 Å². The van der Waals surface area contributed by atoms with Crippen molar-refractivity contribution in [3.8, 4) is 0 Å². The van der Waals surface area contributed by atoms with E-state index in [9.17, 15) is 5.11 Å². The molecule has 1 unspecified atom stereocenters. The van der Waals surface area contributed by atoms with Gasteiger partial charge in [0.2, 0.25) is 0 Å². The molecule has 0 heterocycles. The van der Waals surface area contributed by atoms with Gasteiger partial charge >= 0.3 is 0 Å². The minimum atomic E-state index is -0.156. The third-order valence-corrected chi connectivity index (χ3v) is 1.99. The lowest BCUT2D eigenvalue weighted by atomic mass is 9.93. The van der Waals surface area contributed by atoms with Crippen LogP contribution in [0.2, 0.25) is 0 Å². The molecule has 0 bridgehead atoms. The maximum Gasteiger partial charge on any atom is 0.0693 e. The monoisotopic (exact) mass is 128 g/mol. The Bertz CT molecular complexity index is 85.0. The molecule has 2 nitrogen and oxygen atoms in total. The van der Waals surface area contributed by atoms with Crippen LogP contribution in [0.15, 0.2) is 0 Å². The van der Waals surface area contributed by atoms with Gasteiger partial charge in [-0.1, -0.05) is 12.8 Å². The van der Waals surface area contributed by atoms with Crippen molar-refractivity contribution < 1.29 is 5.11 Å². The van der Waals surface area contributed by atoms with Crippen LogP contribution in [0.4, 0.5) is 0 Å². The van der Waals surface area contributed by atoms with Gasteiger partial charge in [0.05, 0.1) is 6.10 Å². The van der Waals surface area contributed by atoms with Crippen molar-refractivity contribution in [2.75, 3.05) is 0 Å². The Balaban J connectivity index is 2.30. The van der Waals surface area contributed by atoms with E-state index in [1.54, 1.807) is 0 Å². The topological polar surface area (TPSA) is 32.3 Å². The fraction of sp³-hybridized carbons (Fsp3) is 0.857. The van der Waals surface area contributed by atoms with Crippen LogP contribution in [0, 0.1) is 7.05 Å². The summed E-state index contributed by atoms with van der Waals surface area (Å²) in [6.07, 6.45) is 4.25. The van der Waals surface area contributed by atoms with Gasteiger partial charge in [0.25, 0.3) is 0 Å². The molecule has 1 fully saturated rings. The van der Waals surface area contributed by atoms with Crippen molar-refractivity contribution in [1.82, 2.24) is 5.32 Å². The van der Waals surface area contributed by atoms with Crippen molar-refractivity contribution in [3.63, 3.8) is 0 Å². The highest BCUT2D eigenvalue weighted by Gasteiger charge is 2.20. The minimum absolute atomic E-state index is 0.156. The molecule has 2 N–H and O–H groups in total. The van der Waals surface area contributed by atoms with E-state index in [0.717, 1.165) is 12.8 Å². The first-order valence-corrected chi connectivity index (χ1v) is 3.55. The second-order valence-corrected chi connectivity index (χ2v) is 2.66. The molecular formula is C7H14NO. The molecule has 0 aromatic heterocycles. The van der Waals surface area contributed by atoms with E-state index in [1.165, 1.54) is 12.8 Å². The molecule has 1 aliphatic rings. The third-order valence-electron chi connectivity index (χ3n) is 1.99. The Morgan fingerprint density at radius 1 is 1.33 bits per heavy atom. The van der Waals surface area contributed by atoms with E-state index >= 15 is 0 Å². The van der Waals surface area contributed by atoms with Crippen molar-refractivity contribution in [3.05, 3.63) is 7.05 Å². The molecule has 1 radical (unpaired) electrons. The van der Waals surface area contributed by atoms with Gasteiger partial charge in [-0.3, -0.25) is 0 Å². The summed E-state index contributed by atoms with van der Waals surface area (Å²) in [6, 6.07) is 0.249. The average Bonchev–Trinajstić information content (AvgIpc) is 1.89. The van der Waals surface area contributed by atoms with Gasteiger partial charge in [0.15, 0.2) is 0 Å². The van der Waals surface area contributed by atoms with E-state index < -0.39 is 0 Å². The van der Waals surface area contributed by atoms with Crippen LogP contribution in [-0.2, 0) is 0 Å². The molecule has 1 rings (SSSR count). The number of hydrogen-bond donors (Lipinski definition) is 2. The number of nitrogens with one attached hydrogen (secondary N) is 1. The molecular weight excluding hydrogens is 114 g/mol. The molecule has 1 saturated carbocycles. The lowest BCUT2D eigenvalue weighted by molar-refractivity contribution is 0.0970. The molecule has 0 aromatic carbocycles. The summed E-state index contributed by atoms with van der Waals surface area (Å²) in [6.45, 7) is 0. The second kappa shape index (κ2) is 3.18. The summed E-state index contributed by atoms with van der Waals surface area (Å²) in [7, 11) is 3.55. The fourth-order valence-corrected chi connectivity index (χ4v) is 1.35. The molecule has 0 aliphatic heterocycles. The van der Waals surface area contributed by atoms with E-state index in [1.807, 2.05) is 0 Å². The number of aliphatic hydroxyl groups is 1. The Kier molecular flexibility index (Phi) is 2.49. The predicted octanol–water partition coefficient (Wildman–Crippen LogP) is 0.671. The summed E-state index contributed by atoms with van der Waals surface area (Å²) in [5, 5.41) is 12.1. The molecule has 0 amide bonds. The molecule has 53 valence electrons. The van der Waals surface area contributed by atoms with E-state index in [4.69, 9.17) is 0 Å². The Morgan fingerprint density at radius 2 is 2.00 bits per heavy atom. The Morgan fingerprint density at radius 3 is 2.44 bits per heavy atom. The van der Waals surface area contributed by atoms with Crippen molar-refractivity contribution in [2.24, 2.45) is 0 Å². The summed E-state index contributed by atoms with van der Waals surface area (Å²) >= 11 is 0. The Hall–Kier alpha value is -0.0800. The quantitative estimate of drug-likeness (QED) is 0.544. The van der Waals surface area contributed by atoms with E-state index in [-0.39, 0.29) is 12.1 Å². The normalized spacial score (nSPS) is 36.7. The highest BCUT2D eigenvalue weighted by molar-refractivity contribution is 4.79. The fourth-order valence-electron chi connectivity index (χ4n) is 1.35. The number of hydrogen-bond acceptors (Lipinski definition) is 2. The lowest BCUT2D eigenvalue weighted by Gasteiger charge is -2.26. The van der Waals surface area contributed by atoms with Gasteiger partial charge < -0.3 is 10.4 Å². The van der Waals surface area contributed by atoms with Gasteiger partial charge in [0.1, 0.15) is 0 Å². The predicted molar refractivity (Wildman–Crippen MR) is 36.8 cm³/mol. The number of rotatable bonds is 1. The zero-order valence-electron chi connectivity index (χ0n) is 5.64.